The van der Waals surface area contributed by atoms with E-state index >= 15 is 0 Å². The van der Waals surface area contributed by atoms with E-state index in [2.05, 4.69) is 15.6 Å². The molecule has 1 rings (SSSR count). The Kier molecular flexibility index (Phi) is 4.85. The topological polar surface area (TPSA) is 54.0 Å². The van der Waals surface area contributed by atoms with Gasteiger partial charge in [0.1, 0.15) is 0 Å². The van der Waals surface area contributed by atoms with Crippen LogP contribution in [0.2, 0.25) is 0 Å². The first-order valence-electron chi connectivity index (χ1n) is 5.22. The zero-order valence-corrected chi connectivity index (χ0v) is 9.46. The number of pyridine rings is 1. The van der Waals surface area contributed by atoms with E-state index in [1.54, 1.807) is 0 Å². The molecule has 1 heterocycles. The standard InChI is InChI=1S/C11H16FN3O/c1-8(2)13-6-5-11(16)15-9-3-4-10(12)14-7-9/h3-4,7-8,13H,5-6H2,1-2H3,(H,15,16). The van der Waals surface area contributed by atoms with Gasteiger partial charge < -0.3 is 10.6 Å². The predicted molar refractivity (Wildman–Crippen MR) is 60.6 cm³/mol. The summed E-state index contributed by atoms with van der Waals surface area (Å²) in [5.41, 5.74) is 0.510. The number of amides is 1. The van der Waals surface area contributed by atoms with Gasteiger partial charge in [-0.3, -0.25) is 4.79 Å². The van der Waals surface area contributed by atoms with Crippen LogP contribution in [0.15, 0.2) is 18.3 Å². The van der Waals surface area contributed by atoms with Crippen molar-refractivity contribution in [2.75, 3.05) is 11.9 Å². The third-order valence-electron chi connectivity index (χ3n) is 1.92. The lowest BCUT2D eigenvalue weighted by Crippen LogP contribution is -2.27. The van der Waals surface area contributed by atoms with Gasteiger partial charge in [0.05, 0.1) is 11.9 Å². The van der Waals surface area contributed by atoms with E-state index < -0.39 is 5.95 Å². The molecule has 1 aromatic heterocycles. The van der Waals surface area contributed by atoms with Gasteiger partial charge in [-0.15, -0.1) is 0 Å². The number of anilines is 1. The smallest absolute Gasteiger partial charge is 0.225 e. The first-order chi connectivity index (χ1) is 7.58. The third kappa shape index (κ3) is 4.84. The molecule has 16 heavy (non-hydrogen) atoms. The van der Waals surface area contributed by atoms with Crippen molar-refractivity contribution < 1.29 is 9.18 Å². The summed E-state index contributed by atoms with van der Waals surface area (Å²) in [5.74, 6) is -0.666. The summed E-state index contributed by atoms with van der Waals surface area (Å²) in [4.78, 5) is 14.8. The van der Waals surface area contributed by atoms with Gasteiger partial charge in [0.15, 0.2) is 0 Å². The number of carbonyl (C=O) groups excluding carboxylic acids is 1. The van der Waals surface area contributed by atoms with Gasteiger partial charge in [-0.1, -0.05) is 13.8 Å². The largest absolute Gasteiger partial charge is 0.325 e. The first-order valence-corrected chi connectivity index (χ1v) is 5.22. The molecule has 1 aromatic rings. The SMILES string of the molecule is CC(C)NCCC(=O)Nc1ccc(F)nc1. The Morgan fingerprint density at radius 3 is 2.81 bits per heavy atom. The molecule has 0 aliphatic heterocycles. The molecule has 0 saturated carbocycles. The normalized spacial score (nSPS) is 10.5. The molecule has 2 N–H and O–H groups in total. The molecule has 0 atom stereocenters. The van der Waals surface area contributed by atoms with Gasteiger partial charge in [0, 0.05) is 19.0 Å². The van der Waals surface area contributed by atoms with Crippen LogP contribution in [-0.2, 0) is 4.79 Å². The van der Waals surface area contributed by atoms with Crippen LogP contribution in [0, 0.1) is 5.95 Å². The molecule has 88 valence electrons. The highest BCUT2D eigenvalue weighted by Gasteiger charge is 2.03. The highest BCUT2D eigenvalue weighted by atomic mass is 19.1. The molecule has 1 amide bonds. The maximum absolute atomic E-state index is 12.5. The summed E-state index contributed by atoms with van der Waals surface area (Å²) >= 11 is 0. The molecule has 0 radical (unpaired) electrons. The minimum absolute atomic E-state index is 0.110. The monoisotopic (exact) mass is 225 g/mol. The maximum atomic E-state index is 12.5. The molecule has 0 aliphatic carbocycles. The fraction of sp³-hybridized carbons (Fsp3) is 0.455. The van der Waals surface area contributed by atoms with E-state index in [9.17, 15) is 9.18 Å². The molecular weight excluding hydrogens is 209 g/mol. The van der Waals surface area contributed by atoms with Crippen LogP contribution in [0.3, 0.4) is 0 Å². The second kappa shape index (κ2) is 6.17. The Hall–Kier alpha value is -1.49. The number of carbonyl (C=O) groups is 1. The minimum atomic E-state index is -0.556. The summed E-state index contributed by atoms with van der Waals surface area (Å²) in [7, 11) is 0. The van der Waals surface area contributed by atoms with Crippen LogP contribution >= 0.6 is 0 Å². The van der Waals surface area contributed by atoms with Crippen LogP contribution in [-0.4, -0.2) is 23.5 Å². The van der Waals surface area contributed by atoms with Crippen LogP contribution in [0.5, 0.6) is 0 Å². The lowest BCUT2D eigenvalue weighted by Gasteiger charge is -2.08. The summed E-state index contributed by atoms with van der Waals surface area (Å²) in [6, 6.07) is 3.05. The summed E-state index contributed by atoms with van der Waals surface area (Å²) in [6.45, 7) is 4.65. The van der Waals surface area contributed by atoms with Crippen molar-refractivity contribution >= 4 is 11.6 Å². The van der Waals surface area contributed by atoms with Crippen LogP contribution in [0.1, 0.15) is 20.3 Å². The molecular formula is C11H16FN3O. The summed E-state index contributed by atoms with van der Waals surface area (Å²) in [6.07, 6.45) is 1.68. The van der Waals surface area contributed by atoms with Gasteiger partial charge in [0.25, 0.3) is 0 Å². The Labute approximate surface area is 94.3 Å². The molecule has 4 nitrogen and oxygen atoms in total. The fourth-order valence-electron chi connectivity index (χ4n) is 1.15. The lowest BCUT2D eigenvalue weighted by atomic mass is 10.3. The van der Waals surface area contributed by atoms with Gasteiger partial charge in [-0.2, -0.15) is 4.39 Å². The quantitative estimate of drug-likeness (QED) is 0.747. The van der Waals surface area contributed by atoms with E-state index in [1.807, 2.05) is 13.8 Å². The Bertz CT molecular complexity index is 338. The average molecular weight is 225 g/mol. The molecule has 0 unspecified atom stereocenters. The number of rotatable bonds is 5. The van der Waals surface area contributed by atoms with Gasteiger partial charge in [0.2, 0.25) is 11.9 Å². The van der Waals surface area contributed by atoms with Crippen molar-refractivity contribution in [3.05, 3.63) is 24.3 Å². The van der Waals surface area contributed by atoms with Crippen molar-refractivity contribution in [2.45, 2.75) is 26.3 Å². The zero-order valence-electron chi connectivity index (χ0n) is 9.46. The lowest BCUT2D eigenvalue weighted by molar-refractivity contribution is -0.116. The van der Waals surface area contributed by atoms with Crippen LogP contribution in [0.4, 0.5) is 10.1 Å². The molecule has 0 spiro atoms. The second-order valence-electron chi connectivity index (χ2n) is 3.78. The average Bonchev–Trinajstić information content (AvgIpc) is 2.21. The van der Waals surface area contributed by atoms with E-state index in [0.29, 0.717) is 24.7 Å². The van der Waals surface area contributed by atoms with Crippen molar-refractivity contribution in [1.29, 1.82) is 0 Å². The number of nitrogens with zero attached hydrogens (tertiary/aromatic N) is 1. The Morgan fingerprint density at radius 2 is 2.25 bits per heavy atom. The number of halogens is 1. The van der Waals surface area contributed by atoms with E-state index in [4.69, 9.17) is 0 Å². The molecule has 0 saturated heterocycles. The van der Waals surface area contributed by atoms with Crippen molar-refractivity contribution in [3.63, 3.8) is 0 Å². The predicted octanol–water partition coefficient (Wildman–Crippen LogP) is 1.55. The number of hydrogen-bond acceptors (Lipinski definition) is 3. The minimum Gasteiger partial charge on any atom is -0.325 e. The van der Waals surface area contributed by atoms with E-state index in [1.165, 1.54) is 18.3 Å². The first kappa shape index (κ1) is 12.6. The molecule has 0 aromatic carbocycles. The van der Waals surface area contributed by atoms with Crippen LogP contribution < -0.4 is 10.6 Å². The Morgan fingerprint density at radius 1 is 1.50 bits per heavy atom. The zero-order chi connectivity index (χ0) is 12.0. The molecule has 0 aliphatic rings. The van der Waals surface area contributed by atoms with Gasteiger partial charge in [-0.25, -0.2) is 4.98 Å². The Balaban J connectivity index is 2.31. The van der Waals surface area contributed by atoms with E-state index in [0.717, 1.165) is 0 Å². The van der Waals surface area contributed by atoms with Gasteiger partial charge in [-0.05, 0) is 12.1 Å². The molecule has 0 fully saturated rings. The molecule has 0 bridgehead atoms. The summed E-state index contributed by atoms with van der Waals surface area (Å²) in [5, 5.41) is 5.77. The fourth-order valence-corrected chi connectivity index (χ4v) is 1.15. The number of hydrogen-bond donors (Lipinski definition) is 2. The highest BCUT2D eigenvalue weighted by molar-refractivity contribution is 5.90. The van der Waals surface area contributed by atoms with Crippen molar-refractivity contribution in [1.82, 2.24) is 10.3 Å². The maximum Gasteiger partial charge on any atom is 0.225 e. The number of aromatic nitrogens is 1. The highest BCUT2D eigenvalue weighted by Crippen LogP contribution is 2.05. The van der Waals surface area contributed by atoms with Crippen molar-refractivity contribution in [2.24, 2.45) is 0 Å². The molecule has 5 heteroatoms. The third-order valence-corrected chi connectivity index (χ3v) is 1.92. The number of nitrogens with one attached hydrogen (secondary N) is 2. The second-order valence-corrected chi connectivity index (χ2v) is 3.78. The van der Waals surface area contributed by atoms with Crippen LogP contribution in [0.25, 0.3) is 0 Å². The van der Waals surface area contributed by atoms with E-state index in [-0.39, 0.29) is 5.91 Å². The van der Waals surface area contributed by atoms with Crippen molar-refractivity contribution in [3.8, 4) is 0 Å². The van der Waals surface area contributed by atoms with Gasteiger partial charge >= 0.3 is 0 Å². The summed E-state index contributed by atoms with van der Waals surface area (Å²) < 4.78 is 12.5.